The minimum Gasteiger partial charge on any atom is -0.481 e. The molecule has 0 aromatic heterocycles. The highest BCUT2D eigenvalue weighted by atomic mass is 16.4. The molecular weight excluding hydrogens is 146 g/mol. The molecule has 66 valence electrons. The van der Waals surface area contributed by atoms with Gasteiger partial charge < -0.3 is 15.9 Å². The Kier molecular flexibility index (Phi) is 2.64. The van der Waals surface area contributed by atoms with Crippen molar-refractivity contribution < 1.29 is 15.0 Å². The maximum atomic E-state index is 10.6. The molecule has 0 aromatic rings. The average molecular weight is 161 g/mol. The van der Waals surface area contributed by atoms with Gasteiger partial charge in [0.1, 0.15) is 0 Å². The van der Waals surface area contributed by atoms with Crippen LogP contribution in [0.1, 0.15) is 20.8 Å². The lowest BCUT2D eigenvalue weighted by atomic mass is 9.76. The summed E-state index contributed by atoms with van der Waals surface area (Å²) >= 11 is 0. The maximum absolute atomic E-state index is 10.6. The monoisotopic (exact) mass is 161 g/mol. The average Bonchev–Trinajstić information content (AvgIpc) is 1.87. The minimum absolute atomic E-state index is 0.0632. The second-order valence-electron chi connectivity index (χ2n) is 3.41. The van der Waals surface area contributed by atoms with E-state index >= 15 is 0 Å². The van der Waals surface area contributed by atoms with Crippen LogP contribution in [-0.2, 0) is 4.79 Å². The van der Waals surface area contributed by atoms with E-state index in [1.807, 2.05) is 0 Å². The van der Waals surface area contributed by atoms with Crippen molar-refractivity contribution in [3.8, 4) is 0 Å². The summed E-state index contributed by atoms with van der Waals surface area (Å²) in [6.45, 7) is 4.25. The highest BCUT2D eigenvalue weighted by Crippen LogP contribution is 2.29. The third-order valence-corrected chi connectivity index (χ3v) is 2.28. The van der Waals surface area contributed by atoms with Gasteiger partial charge in [-0.1, -0.05) is 0 Å². The van der Waals surface area contributed by atoms with Gasteiger partial charge >= 0.3 is 5.97 Å². The van der Waals surface area contributed by atoms with E-state index < -0.39 is 17.0 Å². The summed E-state index contributed by atoms with van der Waals surface area (Å²) in [7, 11) is 0. The first-order valence-corrected chi connectivity index (χ1v) is 3.41. The van der Waals surface area contributed by atoms with Crippen LogP contribution in [0.4, 0.5) is 0 Å². The van der Waals surface area contributed by atoms with Crippen molar-refractivity contribution in [1.82, 2.24) is 0 Å². The van der Waals surface area contributed by atoms with Crippen molar-refractivity contribution in [3.63, 3.8) is 0 Å². The molecule has 1 atom stereocenters. The smallest absolute Gasteiger partial charge is 0.312 e. The number of carbonyl (C=O) groups is 1. The van der Waals surface area contributed by atoms with Crippen molar-refractivity contribution in [2.75, 3.05) is 6.54 Å². The summed E-state index contributed by atoms with van der Waals surface area (Å²) in [6, 6.07) is 0. The molecule has 1 unspecified atom stereocenters. The van der Waals surface area contributed by atoms with Gasteiger partial charge in [-0.3, -0.25) is 4.79 Å². The highest BCUT2D eigenvalue weighted by molar-refractivity contribution is 5.75. The van der Waals surface area contributed by atoms with Gasteiger partial charge in [-0.2, -0.15) is 0 Å². The first kappa shape index (κ1) is 10.4. The lowest BCUT2D eigenvalue weighted by molar-refractivity contribution is -0.161. The van der Waals surface area contributed by atoms with E-state index in [-0.39, 0.29) is 6.54 Å². The van der Waals surface area contributed by atoms with E-state index in [4.69, 9.17) is 10.8 Å². The van der Waals surface area contributed by atoms with E-state index in [9.17, 15) is 9.90 Å². The molecule has 0 amide bonds. The summed E-state index contributed by atoms with van der Waals surface area (Å²) in [5, 5.41) is 18.2. The van der Waals surface area contributed by atoms with Gasteiger partial charge in [-0.15, -0.1) is 0 Å². The van der Waals surface area contributed by atoms with Crippen LogP contribution in [0.2, 0.25) is 0 Å². The molecule has 0 saturated heterocycles. The highest BCUT2D eigenvalue weighted by Gasteiger charge is 2.44. The van der Waals surface area contributed by atoms with Gasteiger partial charge in [0, 0.05) is 6.54 Å². The molecule has 0 bridgehead atoms. The molecule has 0 aromatic carbocycles. The third kappa shape index (κ3) is 1.70. The number of carboxylic acid groups (broad SMARTS) is 1. The molecule has 0 heterocycles. The quantitative estimate of drug-likeness (QED) is 0.535. The van der Waals surface area contributed by atoms with E-state index in [0.29, 0.717) is 0 Å². The molecule has 4 N–H and O–H groups in total. The number of hydrogen-bond acceptors (Lipinski definition) is 3. The van der Waals surface area contributed by atoms with Crippen LogP contribution in [0, 0.1) is 5.41 Å². The van der Waals surface area contributed by atoms with Crippen molar-refractivity contribution >= 4 is 5.97 Å². The second kappa shape index (κ2) is 2.79. The van der Waals surface area contributed by atoms with Crippen LogP contribution in [0.15, 0.2) is 0 Å². The minimum atomic E-state index is -1.36. The van der Waals surface area contributed by atoms with Crippen LogP contribution in [0.25, 0.3) is 0 Å². The lowest BCUT2D eigenvalue weighted by Gasteiger charge is -2.35. The molecule has 0 fully saturated rings. The largest absolute Gasteiger partial charge is 0.481 e. The normalized spacial score (nSPS) is 17.5. The Bertz CT molecular complexity index is 163. The van der Waals surface area contributed by atoms with Gasteiger partial charge in [0.15, 0.2) is 0 Å². The van der Waals surface area contributed by atoms with Crippen LogP contribution >= 0.6 is 0 Å². The maximum Gasteiger partial charge on any atom is 0.312 e. The number of carboxylic acids is 1. The molecular formula is C7H15NO3. The molecule has 0 aliphatic carbocycles. The van der Waals surface area contributed by atoms with E-state index in [0.717, 1.165) is 0 Å². The predicted molar refractivity (Wildman–Crippen MR) is 41.1 cm³/mol. The van der Waals surface area contributed by atoms with Crippen molar-refractivity contribution in [1.29, 1.82) is 0 Å². The number of rotatable bonds is 3. The van der Waals surface area contributed by atoms with Gasteiger partial charge in [0.05, 0.1) is 11.0 Å². The van der Waals surface area contributed by atoms with Crippen LogP contribution in [0.5, 0.6) is 0 Å². The number of hydrogen-bond donors (Lipinski definition) is 3. The van der Waals surface area contributed by atoms with Crippen LogP contribution in [-0.4, -0.2) is 28.3 Å². The predicted octanol–water partition coefficient (Wildman–Crippen LogP) is -0.193. The molecule has 11 heavy (non-hydrogen) atoms. The van der Waals surface area contributed by atoms with Crippen molar-refractivity contribution in [2.24, 2.45) is 11.1 Å². The van der Waals surface area contributed by atoms with Crippen LogP contribution in [0.3, 0.4) is 0 Å². The fourth-order valence-electron chi connectivity index (χ4n) is 0.486. The summed E-state index contributed by atoms with van der Waals surface area (Å²) in [5.41, 5.74) is 2.65. The summed E-state index contributed by atoms with van der Waals surface area (Å²) in [6.07, 6.45) is 0. The van der Waals surface area contributed by atoms with E-state index in [1.54, 1.807) is 0 Å². The molecule has 0 spiro atoms. The molecule has 0 aliphatic heterocycles. The molecule has 0 saturated carbocycles. The number of nitrogens with two attached hydrogens (primary N) is 1. The van der Waals surface area contributed by atoms with Gasteiger partial charge in [0.25, 0.3) is 0 Å². The number of aliphatic carboxylic acids is 1. The summed E-state index contributed by atoms with van der Waals surface area (Å²) in [4.78, 5) is 10.6. The SMILES string of the molecule is CC(O)(CN)C(C)(C)C(=O)O. The fourth-order valence-corrected chi connectivity index (χ4v) is 0.486. The lowest BCUT2D eigenvalue weighted by Crippen LogP contribution is -2.52. The fraction of sp³-hybridized carbons (Fsp3) is 0.857. The zero-order valence-electron chi connectivity index (χ0n) is 7.09. The van der Waals surface area contributed by atoms with E-state index in [2.05, 4.69) is 0 Å². The van der Waals surface area contributed by atoms with Gasteiger partial charge in [-0.25, -0.2) is 0 Å². The zero-order chi connectivity index (χ0) is 9.28. The Labute approximate surface area is 66.0 Å². The van der Waals surface area contributed by atoms with Crippen molar-refractivity contribution in [3.05, 3.63) is 0 Å². The molecule has 0 rings (SSSR count). The molecule has 0 radical (unpaired) electrons. The topological polar surface area (TPSA) is 83.5 Å². The third-order valence-electron chi connectivity index (χ3n) is 2.28. The Morgan fingerprint density at radius 3 is 1.91 bits per heavy atom. The second-order valence-corrected chi connectivity index (χ2v) is 3.41. The van der Waals surface area contributed by atoms with Gasteiger partial charge in [0.2, 0.25) is 0 Å². The Morgan fingerprint density at radius 1 is 1.45 bits per heavy atom. The Morgan fingerprint density at radius 2 is 1.82 bits per heavy atom. The Hall–Kier alpha value is -0.610. The van der Waals surface area contributed by atoms with E-state index in [1.165, 1.54) is 20.8 Å². The first-order chi connectivity index (χ1) is 4.75. The molecule has 4 nitrogen and oxygen atoms in total. The summed E-state index contributed by atoms with van der Waals surface area (Å²) in [5.74, 6) is -1.05. The molecule has 4 heteroatoms. The zero-order valence-corrected chi connectivity index (χ0v) is 7.09. The standard InChI is InChI=1S/C7H15NO3/c1-6(2,5(9)10)7(3,11)4-8/h11H,4,8H2,1-3H3,(H,9,10). The first-order valence-electron chi connectivity index (χ1n) is 3.41. The number of aliphatic hydroxyl groups is 1. The van der Waals surface area contributed by atoms with Gasteiger partial charge in [-0.05, 0) is 20.8 Å². The van der Waals surface area contributed by atoms with Crippen molar-refractivity contribution in [2.45, 2.75) is 26.4 Å². The Balaban J connectivity index is 4.67. The molecule has 0 aliphatic rings. The summed E-state index contributed by atoms with van der Waals surface area (Å²) < 4.78 is 0. The van der Waals surface area contributed by atoms with Crippen LogP contribution < -0.4 is 5.73 Å².